The zero-order chi connectivity index (χ0) is 16.7. The van der Waals surface area contributed by atoms with Crippen molar-refractivity contribution < 1.29 is 9.53 Å². The Balaban J connectivity index is 2.06. The third kappa shape index (κ3) is 5.62. The molecule has 0 heterocycles. The number of amides is 1. The Morgan fingerprint density at radius 3 is 2.57 bits per heavy atom. The van der Waals surface area contributed by atoms with Crippen molar-refractivity contribution >= 4 is 40.9 Å². The van der Waals surface area contributed by atoms with Gasteiger partial charge in [-0.15, -0.1) is 0 Å². The molecule has 0 atom stereocenters. The van der Waals surface area contributed by atoms with Gasteiger partial charge >= 0.3 is 0 Å². The van der Waals surface area contributed by atoms with Gasteiger partial charge < -0.3 is 10.1 Å². The van der Waals surface area contributed by atoms with E-state index in [1.165, 1.54) is 6.08 Å². The van der Waals surface area contributed by atoms with Crippen LogP contribution in [0.2, 0.25) is 10.0 Å². The molecule has 2 aromatic rings. The molecule has 1 amide bonds. The topological polar surface area (TPSA) is 38.3 Å². The van der Waals surface area contributed by atoms with Crippen LogP contribution in [-0.4, -0.2) is 12.5 Å². The molecule has 0 saturated carbocycles. The van der Waals surface area contributed by atoms with Gasteiger partial charge in [-0.05, 0) is 36.8 Å². The molecule has 0 bridgehead atoms. The Bertz CT molecular complexity index is 694. The summed E-state index contributed by atoms with van der Waals surface area (Å²) in [6.45, 7) is 2.68. The number of ether oxygens (including phenoxy) is 1. The van der Waals surface area contributed by atoms with Crippen molar-refractivity contribution in [3.05, 3.63) is 64.1 Å². The van der Waals surface area contributed by atoms with E-state index in [1.54, 1.807) is 24.3 Å². The van der Waals surface area contributed by atoms with E-state index in [0.29, 0.717) is 22.3 Å². The van der Waals surface area contributed by atoms with Gasteiger partial charge in [0.15, 0.2) is 0 Å². The highest BCUT2D eigenvalue weighted by Gasteiger charge is 2.03. The van der Waals surface area contributed by atoms with Crippen LogP contribution in [0.15, 0.2) is 48.5 Å². The molecule has 0 fully saturated rings. The number of rotatable bonds is 6. The molecule has 0 saturated heterocycles. The van der Waals surface area contributed by atoms with Crippen LogP contribution >= 0.6 is 23.2 Å². The molecule has 0 aliphatic carbocycles. The van der Waals surface area contributed by atoms with Gasteiger partial charge in [0.05, 0.1) is 6.61 Å². The molecule has 3 nitrogen and oxygen atoms in total. The highest BCUT2D eigenvalue weighted by atomic mass is 35.5. The molecule has 120 valence electrons. The van der Waals surface area contributed by atoms with E-state index in [-0.39, 0.29) is 5.91 Å². The van der Waals surface area contributed by atoms with Crippen LogP contribution in [0.5, 0.6) is 5.75 Å². The van der Waals surface area contributed by atoms with Crippen molar-refractivity contribution in [3.63, 3.8) is 0 Å². The van der Waals surface area contributed by atoms with Crippen molar-refractivity contribution in [2.24, 2.45) is 0 Å². The first-order valence-electron chi connectivity index (χ1n) is 7.25. The summed E-state index contributed by atoms with van der Waals surface area (Å²) in [5, 5.41) is 3.66. The minimum absolute atomic E-state index is 0.270. The maximum atomic E-state index is 12.0. The molecule has 2 rings (SSSR count). The van der Waals surface area contributed by atoms with Crippen LogP contribution in [-0.2, 0) is 4.79 Å². The van der Waals surface area contributed by atoms with Crippen molar-refractivity contribution in [2.45, 2.75) is 13.3 Å². The minimum Gasteiger partial charge on any atom is -0.493 e. The van der Waals surface area contributed by atoms with Gasteiger partial charge in [0, 0.05) is 27.4 Å². The van der Waals surface area contributed by atoms with Crippen LogP contribution in [0.3, 0.4) is 0 Å². The highest BCUT2D eigenvalue weighted by Crippen LogP contribution is 2.23. The third-order valence-corrected chi connectivity index (χ3v) is 3.36. The lowest BCUT2D eigenvalue weighted by molar-refractivity contribution is -0.111. The van der Waals surface area contributed by atoms with Gasteiger partial charge in [-0.25, -0.2) is 0 Å². The van der Waals surface area contributed by atoms with Crippen LogP contribution < -0.4 is 10.1 Å². The van der Waals surface area contributed by atoms with Gasteiger partial charge in [-0.1, -0.05) is 48.3 Å². The predicted octanol–water partition coefficient (Wildman–Crippen LogP) is 5.43. The smallest absolute Gasteiger partial charge is 0.248 e. The predicted molar refractivity (Wildman–Crippen MR) is 96.4 cm³/mol. The third-order valence-electron chi connectivity index (χ3n) is 2.93. The molecule has 0 aromatic heterocycles. The van der Waals surface area contributed by atoms with Crippen LogP contribution in [0, 0.1) is 0 Å². The second kappa shape index (κ2) is 8.61. The van der Waals surface area contributed by atoms with Gasteiger partial charge in [0.25, 0.3) is 0 Å². The second-order valence-electron chi connectivity index (χ2n) is 4.87. The molecule has 0 unspecified atom stereocenters. The maximum Gasteiger partial charge on any atom is 0.248 e. The molecule has 0 spiro atoms. The molecule has 1 N–H and O–H groups in total. The summed E-state index contributed by atoms with van der Waals surface area (Å²) in [5.74, 6) is 0.484. The molecule has 0 radical (unpaired) electrons. The number of anilines is 1. The standard InChI is InChI=1S/C18H17Cl2NO2/c1-2-9-23-17-6-4-3-5-13(17)7-8-18(22)21-16-11-14(19)10-15(20)12-16/h3-8,10-12H,2,9H2,1H3,(H,21,22)/b8-7+. The zero-order valence-corrected chi connectivity index (χ0v) is 14.2. The average molecular weight is 350 g/mol. The van der Waals surface area contributed by atoms with Gasteiger partial charge in [0.2, 0.25) is 5.91 Å². The Labute approximate surface area is 145 Å². The van der Waals surface area contributed by atoms with Crippen molar-refractivity contribution in [1.82, 2.24) is 0 Å². The highest BCUT2D eigenvalue weighted by molar-refractivity contribution is 6.35. The molecule has 5 heteroatoms. The first-order chi connectivity index (χ1) is 11.1. The Morgan fingerprint density at radius 2 is 1.87 bits per heavy atom. The number of benzene rings is 2. The first-order valence-corrected chi connectivity index (χ1v) is 8.01. The summed E-state index contributed by atoms with van der Waals surface area (Å²) in [6.07, 6.45) is 4.09. The maximum absolute atomic E-state index is 12.0. The van der Waals surface area contributed by atoms with Crippen molar-refractivity contribution in [1.29, 1.82) is 0 Å². The fraction of sp³-hybridized carbons (Fsp3) is 0.167. The van der Waals surface area contributed by atoms with E-state index >= 15 is 0 Å². The molecule has 0 aliphatic heterocycles. The normalized spacial score (nSPS) is 10.7. The lowest BCUT2D eigenvalue weighted by Crippen LogP contribution is -2.07. The van der Waals surface area contributed by atoms with Gasteiger partial charge in [-0.2, -0.15) is 0 Å². The van der Waals surface area contributed by atoms with E-state index in [0.717, 1.165) is 17.7 Å². The lowest BCUT2D eigenvalue weighted by Gasteiger charge is -2.07. The average Bonchev–Trinajstić information content (AvgIpc) is 2.50. The van der Waals surface area contributed by atoms with Crippen LogP contribution in [0.25, 0.3) is 6.08 Å². The summed E-state index contributed by atoms with van der Waals surface area (Å²) < 4.78 is 5.65. The fourth-order valence-electron chi connectivity index (χ4n) is 1.94. The van der Waals surface area contributed by atoms with E-state index in [2.05, 4.69) is 5.32 Å². The Morgan fingerprint density at radius 1 is 1.17 bits per heavy atom. The molecule has 0 aliphatic rings. The van der Waals surface area contributed by atoms with Gasteiger partial charge in [-0.3, -0.25) is 4.79 Å². The minimum atomic E-state index is -0.270. The van der Waals surface area contributed by atoms with Crippen molar-refractivity contribution in [2.75, 3.05) is 11.9 Å². The van der Waals surface area contributed by atoms with E-state index < -0.39 is 0 Å². The molecular formula is C18H17Cl2NO2. The SMILES string of the molecule is CCCOc1ccccc1/C=C/C(=O)Nc1cc(Cl)cc(Cl)c1. The number of carbonyl (C=O) groups excluding carboxylic acids is 1. The number of hydrogen-bond acceptors (Lipinski definition) is 2. The Kier molecular flexibility index (Phi) is 6.51. The Hall–Kier alpha value is -1.97. The van der Waals surface area contributed by atoms with E-state index in [1.807, 2.05) is 31.2 Å². The van der Waals surface area contributed by atoms with Crippen molar-refractivity contribution in [3.8, 4) is 5.75 Å². The second-order valence-corrected chi connectivity index (χ2v) is 5.74. The summed E-state index contributed by atoms with van der Waals surface area (Å²) in [5.41, 5.74) is 1.40. The number of nitrogens with one attached hydrogen (secondary N) is 1. The quantitative estimate of drug-likeness (QED) is 0.705. The van der Waals surface area contributed by atoms with E-state index in [4.69, 9.17) is 27.9 Å². The number of para-hydroxylation sites is 1. The van der Waals surface area contributed by atoms with Crippen LogP contribution in [0.4, 0.5) is 5.69 Å². The summed E-state index contributed by atoms with van der Waals surface area (Å²) in [7, 11) is 0. The molecule has 2 aromatic carbocycles. The first kappa shape index (κ1) is 17.4. The summed E-state index contributed by atoms with van der Waals surface area (Å²) in [4.78, 5) is 12.0. The number of hydrogen-bond donors (Lipinski definition) is 1. The summed E-state index contributed by atoms with van der Waals surface area (Å²) >= 11 is 11.8. The monoisotopic (exact) mass is 349 g/mol. The molecular weight excluding hydrogens is 333 g/mol. The van der Waals surface area contributed by atoms with E-state index in [9.17, 15) is 4.79 Å². The fourth-order valence-corrected chi connectivity index (χ4v) is 2.46. The zero-order valence-electron chi connectivity index (χ0n) is 12.7. The lowest BCUT2D eigenvalue weighted by atomic mass is 10.2. The number of halogens is 2. The van der Waals surface area contributed by atoms with Crippen LogP contribution in [0.1, 0.15) is 18.9 Å². The summed E-state index contributed by atoms with van der Waals surface area (Å²) in [6, 6.07) is 12.4. The molecule has 23 heavy (non-hydrogen) atoms. The van der Waals surface area contributed by atoms with Gasteiger partial charge in [0.1, 0.15) is 5.75 Å². The number of carbonyl (C=O) groups is 1. The largest absolute Gasteiger partial charge is 0.493 e.